The lowest BCUT2D eigenvalue weighted by Crippen LogP contribution is -2.57. The van der Waals surface area contributed by atoms with Crippen molar-refractivity contribution in [2.24, 2.45) is 11.5 Å². The van der Waals surface area contributed by atoms with Gasteiger partial charge in [0.2, 0.25) is 11.8 Å². The molecule has 0 aliphatic heterocycles. The molecule has 1 atom stereocenters. The van der Waals surface area contributed by atoms with E-state index in [1.54, 1.807) is 17.0 Å². The Morgan fingerprint density at radius 2 is 1.70 bits per heavy atom. The van der Waals surface area contributed by atoms with Gasteiger partial charge in [0.1, 0.15) is 6.04 Å². The Morgan fingerprint density at radius 1 is 1.06 bits per heavy atom. The Kier molecular flexibility index (Phi) is 7.39. The van der Waals surface area contributed by atoms with Crippen LogP contribution in [-0.4, -0.2) is 34.8 Å². The fourth-order valence-electron chi connectivity index (χ4n) is 4.97. The first-order valence-electron chi connectivity index (χ1n) is 11.3. The van der Waals surface area contributed by atoms with E-state index < -0.39 is 17.4 Å². The molecule has 2 aromatic carbocycles. The summed E-state index contributed by atoms with van der Waals surface area (Å²) < 4.78 is 0.949. The highest BCUT2D eigenvalue weighted by atomic mass is 79.9. The first-order valence-corrected chi connectivity index (χ1v) is 12.8. The van der Waals surface area contributed by atoms with Gasteiger partial charge in [0.15, 0.2) is 0 Å². The summed E-state index contributed by atoms with van der Waals surface area (Å²) in [6, 6.07) is 12.3. The van der Waals surface area contributed by atoms with Crippen molar-refractivity contribution in [1.82, 2.24) is 4.90 Å². The molecule has 176 valence electrons. The molecule has 0 saturated heterocycles. The minimum absolute atomic E-state index is 0.0758. The summed E-state index contributed by atoms with van der Waals surface area (Å²) in [6.45, 7) is 0. The second kappa shape index (κ2) is 9.95. The van der Waals surface area contributed by atoms with Crippen LogP contribution in [0.3, 0.4) is 0 Å². The van der Waals surface area contributed by atoms with Crippen LogP contribution in [0.1, 0.15) is 49.7 Å². The lowest BCUT2D eigenvalue weighted by molar-refractivity contribution is -0.145. The fourth-order valence-corrected chi connectivity index (χ4v) is 5.82. The third kappa shape index (κ3) is 5.24. The standard InChI is InChI=1S/C25H28BrCl2N3O2/c26-16-3-1-15(2-4-16)13-22(23(30)32)31(19-8-6-18(29)7-9-19)24(33)25(11-12-25)20-10-5-17(27)14-21(20)28/h1-5,10,14,18-19,22H,6-9,11-13,29H2,(H2,30,32)/t18?,19?,22-/m0/s1. The van der Waals surface area contributed by atoms with E-state index in [2.05, 4.69) is 15.9 Å². The van der Waals surface area contributed by atoms with Gasteiger partial charge in [-0.1, -0.05) is 57.3 Å². The average molecular weight is 553 g/mol. The van der Waals surface area contributed by atoms with E-state index in [0.29, 0.717) is 29.3 Å². The Morgan fingerprint density at radius 3 is 2.24 bits per heavy atom. The van der Waals surface area contributed by atoms with Crippen LogP contribution >= 0.6 is 39.1 Å². The largest absolute Gasteiger partial charge is 0.368 e. The molecule has 2 aromatic rings. The number of carbonyl (C=O) groups excluding carboxylic acids is 2. The Bertz CT molecular complexity index is 1030. The zero-order valence-electron chi connectivity index (χ0n) is 18.3. The third-order valence-electron chi connectivity index (χ3n) is 6.98. The van der Waals surface area contributed by atoms with Crippen LogP contribution in [0.2, 0.25) is 10.0 Å². The summed E-state index contributed by atoms with van der Waals surface area (Å²) >= 11 is 16.1. The van der Waals surface area contributed by atoms with Gasteiger partial charge in [0.05, 0.1) is 5.41 Å². The molecule has 33 heavy (non-hydrogen) atoms. The lowest BCUT2D eigenvalue weighted by Gasteiger charge is -2.42. The van der Waals surface area contributed by atoms with Crippen LogP contribution in [0.5, 0.6) is 0 Å². The Balaban J connectivity index is 1.71. The number of primary amides is 1. The molecular weight excluding hydrogens is 525 g/mol. The highest BCUT2D eigenvalue weighted by molar-refractivity contribution is 9.10. The van der Waals surface area contributed by atoms with Crippen LogP contribution in [0.4, 0.5) is 0 Å². The highest BCUT2D eigenvalue weighted by Crippen LogP contribution is 2.53. The minimum atomic E-state index is -0.749. The summed E-state index contributed by atoms with van der Waals surface area (Å²) in [6.07, 6.45) is 4.85. The van der Waals surface area contributed by atoms with Crippen molar-refractivity contribution in [3.8, 4) is 0 Å². The molecule has 0 heterocycles. The van der Waals surface area contributed by atoms with Gasteiger partial charge in [-0.15, -0.1) is 0 Å². The molecule has 4 N–H and O–H groups in total. The number of nitrogens with zero attached hydrogens (tertiary/aromatic N) is 1. The van der Waals surface area contributed by atoms with Crippen LogP contribution in [0.15, 0.2) is 46.9 Å². The number of amides is 2. The molecule has 2 saturated carbocycles. The Labute approximate surface area is 212 Å². The number of nitrogens with two attached hydrogens (primary N) is 2. The maximum absolute atomic E-state index is 14.2. The molecule has 2 aliphatic carbocycles. The van der Waals surface area contributed by atoms with E-state index in [1.807, 2.05) is 30.3 Å². The summed E-state index contributed by atoms with van der Waals surface area (Å²) in [5.41, 5.74) is 13.0. The predicted molar refractivity (Wildman–Crippen MR) is 135 cm³/mol. The number of hydrogen-bond acceptors (Lipinski definition) is 3. The van der Waals surface area contributed by atoms with E-state index in [1.165, 1.54) is 0 Å². The van der Waals surface area contributed by atoms with E-state index in [0.717, 1.165) is 41.3 Å². The van der Waals surface area contributed by atoms with Crippen LogP contribution in [0, 0.1) is 0 Å². The molecule has 0 spiro atoms. The van der Waals surface area contributed by atoms with E-state index in [-0.39, 0.29) is 18.0 Å². The number of benzene rings is 2. The molecule has 0 aromatic heterocycles. The summed E-state index contributed by atoms with van der Waals surface area (Å²) in [7, 11) is 0. The van der Waals surface area contributed by atoms with Gasteiger partial charge in [0.25, 0.3) is 0 Å². The molecule has 2 fully saturated rings. The van der Waals surface area contributed by atoms with E-state index in [4.69, 9.17) is 34.7 Å². The first-order chi connectivity index (χ1) is 15.7. The fraction of sp³-hybridized carbons (Fsp3) is 0.440. The van der Waals surface area contributed by atoms with E-state index >= 15 is 0 Å². The van der Waals surface area contributed by atoms with Crippen molar-refractivity contribution >= 4 is 50.9 Å². The molecule has 2 amide bonds. The van der Waals surface area contributed by atoms with Gasteiger partial charge in [-0.05, 0) is 73.9 Å². The van der Waals surface area contributed by atoms with Crippen LogP contribution in [-0.2, 0) is 21.4 Å². The van der Waals surface area contributed by atoms with Crippen LogP contribution < -0.4 is 11.5 Å². The summed E-state index contributed by atoms with van der Waals surface area (Å²) in [4.78, 5) is 28.8. The zero-order chi connectivity index (χ0) is 23.8. The van der Waals surface area contributed by atoms with Crippen molar-refractivity contribution in [2.45, 2.75) is 68.5 Å². The molecule has 5 nitrogen and oxygen atoms in total. The van der Waals surface area contributed by atoms with Gasteiger partial charge in [-0.25, -0.2) is 0 Å². The van der Waals surface area contributed by atoms with Crippen molar-refractivity contribution in [2.75, 3.05) is 0 Å². The van der Waals surface area contributed by atoms with Gasteiger partial charge in [0, 0.05) is 33.0 Å². The van der Waals surface area contributed by atoms with Gasteiger partial charge in [-0.3, -0.25) is 9.59 Å². The minimum Gasteiger partial charge on any atom is -0.368 e. The van der Waals surface area contributed by atoms with Crippen molar-refractivity contribution in [3.63, 3.8) is 0 Å². The SMILES string of the molecule is NC(=O)[C@H](Cc1ccc(Br)cc1)N(C(=O)C1(c2ccc(Cl)cc2Cl)CC1)C1CCC(N)CC1. The van der Waals surface area contributed by atoms with Crippen LogP contribution in [0.25, 0.3) is 0 Å². The van der Waals surface area contributed by atoms with Gasteiger partial charge >= 0.3 is 0 Å². The van der Waals surface area contributed by atoms with Gasteiger partial charge < -0.3 is 16.4 Å². The van der Waals surface area contributed by atoms with Gasteiger partial charge in [-0.2, -0.15) is 0 Å². The molecule has 2 aliphatic rings. The summed E-state index contributed by atoms with van der Waals surface area (Å²) in [5.74, 6) is -0.577. The van der Waals surface area contributed by atoms with Crippen molar-refractivity contribution < 1.29 is 9.59 Å². The van der Waals surface area contributed by atoms with Crippen molar-refractivity contribution in [3.05, 3.63) is 68.1 Å². The van der Waals surface area contributed by atoms with Crippen molar-refractivity contribution in [1.29, 1.82) is 0 Å². The second-order valence-electron chi connectivity index (χ2n) is 9.24. The number of halogens is 3. The predicted octanol–water partition coefficient (Wildman–Crippen LogP) is 4.98. The lowest BCUT2D eigenvalue weighted by atomic mass is 9.86. The summed E-state index contributed by atoms with van der Waals surface area (Å²) in [5, 5.41) is 0.998. The number of rotatable bonds is 7. The van der Waals surface area contributed by atoms with E-state index in [9.17, 15) is 9.59 Å². The molecule has 0 unspecified atom stereocenters. The number of hydrogen-bond donors (Lipinski definition) is 2. The monoisotopic (exact) mass is 551 g/mol. The molecule has 0 bridgehead atoms. The molecule has 4 rings (SSSR count). The molecule has 0 radical (unpaired) electrons. The maximum atomic E-state index is 14.2. The third-order valence-corrected chi connectivity index (χ3v) is 8.06. The second-order valence-corrected chi connectivity index (χ2v) is 11.0. The molecular formula is C25H28BrCl2N3O2. The quantitative estimate of drug-likeness (QED) is 0.507. The average Bonchev–Trinajstić information content (AvgIpc) is 3.57. The maximum Gasteiger partial charge on any atom is 0.240 e. The normalized spacial score (nSPS) is 22.4. The number of carbonyl (C=O) groups is 2. The Hall–Kier alpha value is -1.60. The highest BCUT2D eigenvalue weighted by Gasteiger charge is 2.56. The zero-order valence-corrected chi connectivity index (χ0v) is 21.4. The molecule has 8 heteroatoms. The topological polar surface area (TPSA) is 89.4 Å². The first kappa shape index (κ1) is 24.5. The smallest absolute Gasteiger partial charge is 0.240 e.